The first-order chi connectivity index (χ1) is 32.7. The van der Waals surface area contributed by atoms with Gasteiger partial charge in [-0.1, -0.05) is 176 Å². The van der Waals surface area contributed by atoms with Crippen LogP contribution >= 0.6 is 0 Å². The lowest BCUT2D eigenvalue weighted by molar-refractivity contribution is 0.672. The van der Waals surface area contributed by atoms with Gasteiger partial charge in [0.25, 0.3) is 0 Å². The van der Waals surface area contributed by atoms with E-state index in [1.165, 1.54) is 37.7 Å². The Hall–Kier alpha value is -8.93. The van der Waals surface area contributed by atoms with Gasteiger partial charge < -0.3 is 8.98 Å². The van der Waals surface area contributed by atoms with Gasteiger partial charge in [-0.2, -0.15) is 0 Å². The summed E-state index contributed by atoms with van der Waals surface area (Å²) < 4.78 is 9.41. The van der Waals surface area contributed by atoms with Gasteiger partial charge in [0.1, 0.15) is 11.2 Å². The quantitative estimate of drug-likeness (QED) is 0.162. The standard InChI is InChI=1S/C61H36N4O/c1-2-12-37(13-3-1)38-22-25-41(26-23-38)59-62-60(45-29-30-48-44(32-45)27-24-39-14-6-8-18-47(39)48)64-61(63-59)53-35-46(36-56-57(53)51-31-28-40-15-7-9-19-49(40)58(51)66-56)65-54-21-11-10-20-50(54)52-33-42-16-4-5-17-43(42)34-55(52)65/h1-36H. The highest BCUT2D eigenvalue weighted by Crippen LogP contribution is 2.43. The Morgan fingerprint density at radius 1 is 0.318 bits per heavy atom. The van der Waals surface area contributed by atoms with Crippen molar-refractivity contribution in [3.05, 3.63) is 218 Å². The first-order valence-corrected chi connectivity index (χ1v) is 22.3. The lowest BCUT2D eigenvalue weighted by Crippen LogP contribution is -2.02. The number of fused-ring (bicyclic) bond motifs is 12. The van der Waals surface area contributed by atoms with Crippen LogP contribution in [0, 0.1) is 0 Å². The molecule has 3 heterocycles. The fourth-order valence-corrected chi connectivity index (χ4v) is 10.2. The summed E-state index contributed by atoms with van der Waals surface area (Å²) in [5, 5.41) is 13.6. The molecular formula is C61H36N4O. The Morgan fingerprint density at radius 2 is 0.879 bits per heavy atom. The Balaban J connectivity index is 1.06. The summed E-state index contributed by atoms with van der Waals surface area (Å²) in [7, 11) is 0. The molecule has 5 heteroatoms. The summed E-state index contributed by atoms with van der Waals surface area (Å²) in [4.78, 5) is 16.1. The molecule has 0 aliphatic carbocycles. The van der Waals surface area contributed by atoms with Crippen molar-refractivity contribution in [2.24, 2.45) is 0 Å². The summed E-state index contributed by atoms with van der Waals surface area (Å²) in [6.45, 7) is 0. The van der Waals surface area contributed by atoms with Crippen molar-refractivity contribution in [2.45, 2.75) is 0 Å². The van der Waals surface area contributed by atoms with E-state index in [1.54, 1.807) is 0 Å². The van der Waals surface area contributed by atoms with Crippen LogP contribution in [0.25, 0.3) is 138 Å². The molecular weight excluding hydrogens is 805 g/mol. The summed E-state index contributed by atoms with van der Waals surface area (Å²) in [5.74, 6) is 1.75. The topological polar surface area (TPSA) is 56.7 Å². The zero-order valence-electron chi connectivity index (χ0n) is 35.5. The van der Waals surface area contributed by atoms with Gasteiger partial charge in [-0.15, -0.1) is 0 Å². The van der Waals surface area contributed by atoms with Crippen LogP contribution in [0.1, 0.15) is 0 Å². The molecule has 5 nitrogen and oxygen atoms in total. The first-order valence-electron chi connectivity index (χ1n) is 22.3. The Labute approximate surface area is 378 Å². The van der Waals surface area contributed by atoms with Gasteiger partial charge >= 0.3 is 0 Å². The average Bonchev–Trinajstić information content (AvgIpc) is 3.93. The molecule has 14 aromatic rings. The van der Waals surface area contributed by atoms with E-state index in [0.29, 0.717) is 17.5 Å². The maximum Gasteiger partial charge on any atom is 0.164 e. The molecule has 0 bridgehead atoms. The molecule has 3 aromatic heterocycles. The monoisotopic (exact) mass is 840 g/mol. The van der Waals surface area contributed by atoms with Crippen LogP contribution in [0.15, 0.2) is 223 Å². The van der Waals surface area contributed by atoms with Crippen LogP contribution in [0.3, 0.4) is 0 Å². The molecule has 0 saturated carbocycles. The second-order valence-electron chi connectivity index (χ2n) is 17.2. The highest BCUT2D eigenvalue weighted by molar-refractivity contribution is 6.20. The van der Waals surface area contributed by atoms with E-state index in [9.17, 15) is 0 Å². The summed E-state index contributed by atoms with van der Waals surface area (Å²) in [6.07, 6.45) is 0. The zero-order valence-corrected chi connectivity index (χ0v) is 35.5. The second-order valence-corrected chi connectivity index (χ2v) is 17.2. The van der Waals surface area contributed by atoms with Gasteiger partial charge in [-0.3, -0.25) is 0 Å². The zero-order chi connectivity index (χ0) is 43.3. The van der Waals surface area contributed by atoms with E-state index >= 15 is 0 Å². The van der Waals surface area contributed by atoms with Crippen LogP contribution in [-0.2, 0) is 0 Å². The molecule has 14 rings (SSSR count). The van der Waals surface area contributed by atoms with E-state index in [1.807, 2.05) is 6.07 Å². The summed E-state index contributed by atoms with van der Waals surface area (Å²) >= 11 is 0. The number of para-hydroxylation sites is 1. The molecule has 0 aliphatic heterocycles. The third kappa shape index (κ3) is 5.70. The van der Waals surface area contributed by atoms with Gasteiger partial charge in [-0.25, -0.2) is 15.0 Å². The predicted molar refractivity (Wildman–Crippen MR) is 273 cm³/mol. The highest BCUT2D eigenvalue weighted by Gasteiger charge is 2.23. The van der Waals surface area contributed by atoms with E-state index in [2.05, 4.69) is 217 Å². The number of hydrogen-bond acceptors (Lipinski definition) is 4. The SMILES string of the molecule is c1ccc(-c2ccc(-c3nc(-c4ccc5c(ccc6ccccc65)c4)nc(-c4cc(-n5c6ccccc6c6cc7ccccc7cc65)cc5oc6c7ccccc7ccc6c45)n3)cc2)cc1. The molecule has 0 saturated heterocycles. The maximum atomic E-state index is 7.04. The van der Waals surface area contributed by atoms with Crippen LogP contribution in [0.2, 0.25) is 0 Å². The van der Waals surface area contributed by atoms with Gasteiger partial charge in [0.15, 0.2) is 17.5 Å². The molecule has 66 heavy (non-hydrogen) atoms. The third-order valence-electron chi connectivity index (χ3n) is 13.4. The minimum atomic E-state index is 0.565. The molecule has 0 atom stereocenters. The number of hydrogen-bond donors (Lipinski definition) is 0. The Kier molecular flexibility index (Phi) is 7.91. The molecule has 0 aliphatic rings. The third-order valence-corrected chi connectivity index (χ3v) is 13.4. The summed E-state index contributed by atoms with van der Waals surface area (Å²) in [5.41, 5.74) is 9.72. The number of furan rings is 1. The Morgan fingerprint density at radius 3 is 1.70 bits per heavy atom. The van der Waals surface area contributed by atoms with Crippen molar-refractivity contribution in [1.29, 1.82) is 0 Å². The van der Waals surface area contributed by atoms with E-state index in [-0.39, 0.29) is 0 Å². The smallest absolute Gasteiger partial charge is 0.164 e. The molecule has 0 unspecified atom stereocenters. The van der Waals surface area contributed by atoms with Gasteiger partial charge in [0.2, 0.25) is 0 Å². The van der Waals surface area contributed by atoms with Crippen molar-refractivity contribution in [3.63, 3.8) is 0 Å². The number of aromatic nitrogens is 4. The first kappa shape index (κ1) is 36.5. The van der Waals surface area contributed by atoms with Crippen molar-refractivity contribution < 1.29 is 4.42 Å². The Bertz CT molecular complexity index is 4280. The predicted octanol–water partition coefficient (Wildman–Crippen LogP) is 16.1. The molecule has 0 radical (unpaired) electrons. The normalized spacial score (nSPS) is 11.9. The van der Waals surface area contributed by atoms with E-state index < -0.39 is 0 Å². The van der Waals surface area contributed by atoms with Crippen molar-refractivity contribution >= 4 is 86.8 Å². The lowest BCUT2D eigenvalue weighted by Gasteiger charge is -2.13. The van der Waals surface area contributed by atoms with Crippen LogP contribution in [0.4, 0.5) is 0 Å². The molecule has 0 spiro atoms. The van der Waals surface area contributed by atoms with Crippen molar-refractivity contribution in [3.8, 4) is 51.0 Å². The molecule has 0 amide bonds. The van der Waals surface area contributed by atoms with E-state index in [4.69, 9.17) is 19.4 Å². The van der Waals surface area contributed by atoms with Crippen LogP contribution < -0.4 is 0 Å². The molecule has 306 valence electrons. The van der Waals surface area contributed by atoms with Crippen molar-refractivity contribution in [2.75, 3.05) is 0 Å². The largest absolute Gasteiger partial charge is 0.455 e. The highest BCUT2D eigenvalue weighted by atomic mass is 16.3. The fraction of sp³-hybridized carbons (Fsp3) is 0. The van der Waals surface area contributed by atoms with Crippen LogP contribution in [0.5, 0.6) is 0 Å². The number of nitrogens with zero attached hydrogens (tertiary/aromatic N) is 4. The second kappa shape index (κ2) is 14.3. The molecule has 0 N–H and O–H groups in total. The van der Waals surface area contributed by atoms with E-state index in [0.717, 1.165) is 82.6 Å². The lowest BCUT2D eigenvalue weighted by atomic mass is 9.99. The minimum absolute atomic E-state index is 0.565. The number of benzene rings is 11. The average molecular weight is 841 g/mol. The molecule has 0 fully saturated rings. The van der Waals surface area contributed by atoms with Gasteiger partial charge in [0.05, 0.1) is 16.7 Å². The van der Waals surface area contributed by atoms with Crippen LogP contribution in [-0.4, -0.2) is 19.5 Å². The summed E-state index contributed by atoms with van der Waals surface area (Å²) in [6, 6.07) is 77.5. The van der Waals surface area contributed by atoms with Gasteiger partial charge in [0, 0.05) is 49.7 Å². The minimum Gasteiger partial charge on any atom is -0.455 e. The van der Waals surface area contributed by atoms with Gasteiger partial charge in [-0.05, 0) is 85.2 Å². The maximum absolute atomic E-state index is 7.04. The van der Waals surface area contributed by atoms with Crippen molar-refractivity contribution in [1.82, 2.24) is 19.5 Å². The number of rotatable bonds is 5. The molecule has 11 aromatic carbocycles. The fourth-order valence-electron chi connectivity index (χ4n) is 10.2.